The van der Waals surface area contributed by atoms with Crippen molar-refractivity contribution in [3.8, 4) is 0 Å². The van der Waals surface area contributed by atoms with E-state index in [1.54, 1.807) is 30.3 Å². The van der Waals surface area contributed by atoms with Crippen LogP contribution in [0.3, 0.4) is 0 Å². The van der Waals surface area contributed by atoms with Crippen molar-refractivity contribution in [2.24, 2.45) is 0 Å². The van der Waals surface area contributed by atoms with E-state index in [4.69, 9.17) is 0 Å². The molecule has 4 rings (SSSR count). The van der Waals surface area contributed by atoms with E-state index in [1.165, 1.54) is 19.1 Å². The van der Waals surface area contributed by atoms with E-state index in [2.05, 4.69) is 10.6 Å². The van der Waals surface area contributed by atoms with Crippen LogP contribution < -0.4 is 10.6 Å². The first-order valence-electron chi connectivity index (χ1n) is 12.5. The highest BCUT2D eigenvalue weighted by Crippen LogP contribution is 2.41. The maximum Gasteiger partial charge on any atom is 0.416 e. The van der Waals surface area contributed by atoms with E-state index in [-0.39, 0.29) is 29.2 Å². The van der Waals surface area contributed by atoms with Crippen LogP contribution in [0.25, 0.3) is 0 Å². The van der Waals surface area contributed by atoms with Gasteiger partial charge in [-0.05, 0) is 66.3 Å². The Bertz CT molecular complexity index is 1320. The summed E-state index contributed by atoms with van der Waals surface area (Å²) in [6, 6.07) is 12.4. The fraction of sp³-hybridized carbons (Fsp3) is 0.345. The van der Waals surface area contributed by atoms with Gasteiger partial charge in [-0.3, -0.25) is 0 Å². The van der Waals surface area contributed by atoms with Crippen molar-refractivity contribution < 1.29 is 35.5 Å². The van der Waals surface area contributed by atoms with Crippen molar-refractivity contribution in [2.75, 3.05) is 0 Å². The van der Waals surface area contributed by atoms with Crippen LogP contribution in [-0.4, -0.2) is 12.1 Å². The minimum absolute atomic E-state index is 0.106. The van der Waals surface area contributed by atoms with Crippen LogP contribution in [0.15, 0.2) is 66.7 Å². The molecular formula is C29H27F7N2O. The Kier molecular flexibility index (Phi) is 7.95. The smallest absolute Gasteiger partial charge is 0.335 e. The average Bonchev–Trinajstić information content (AvgIpc) is 3.35. The second-order valence-corrected chi connectivity index (χ2v) is 9.90. The number of hydrogen-bond donors (Lipinski definition) is 2. The van der Waals surface area contributed by atoms with Crippen LogP contribution in [0.4, 0.5) is 35.5 Å². The number of benzene rings is 3. The molecule has 3 nitrogen and oxygen atoms in total. The number of aryl methyl sites for hydroxylation is 1. The minimum atomic E-state index is -4.94. The zero-order valence-electron chi connectivity index (χ0n) is 21.0. The Morgan fingerprint density at radius 2 is 1.46 bits per heavy atom. The quantitative estimate of drug-likeness (QED) is 0.300. The lowest BCUT2D eigenvalue weighted by atomic mass is 9.76. The van der Waals surface area contributed by atoms with Crippen molar-refractivity contribution in [3.63, 3.8) is 0 Å². The zero-order valence-corrected chi connectivity index (χ0v) is 21.0. The Balaban J connectivity index is 1.98. The molecule has 0 radical (unpaired) electrons. The molecule has 1 fully saturated rings. The second kappa shape index (κ2) is 10.9. The van der Waals surface area contributed by atoms with Gasteiger partial charge in [0.1, 0.15) is 5.82 Å². The van der Waals surface area contributed by atoms with Gasteiger partial charge >= 0.3 is 18.4 Å². The fourth-order valence-corrected chi connectivity index (χ4v) is 5.14. The molecule has 0 bridgehead atoms. The zero-order chi connectivity index (χ0) is 28.4. The van der Waals surface area contributed by atoms with Crippen molar-refractivity contribution >= 4 is 6.03 Å². The summed E-state index contributed by atoms with van der Waals surface area (Å²) in [7, 11) is 0. The highest BCUT2D eigenvalue weighted by molar-refractivity contribution is 5.76. The van der Waals surface area contributed by atoms with Gasteiger partial charge in [-0.2, -0.15) is 26.3 Å². The first kappa shape index (κ1) is 28.4. The van der Waals surface area contributed by atoms with E-state index in [0.29, 0.717) is 30.5 Å². The number of carbonyl (C=O) groups excluding carboxylic acids is 1. The standard InChI is InChI=1S/C29H27F7N2O/c1-18-11-12-20(16-25(18)29(34,35)36)27(17-19-7-3-2-4-8-19,38-26(39)37-24-9-5-6-10-24)21-13-22(28(31,32)33)15-23(30)14-21/h2-4,7-8,11-16,24H,5-6,9-10,17H2,1H3,(H2,37,38,39)/t27-/m1/s1. The van der Waals surface area contributed by atoms with Crippen LogP contribution >= 0.6 is 0 Å². The summed E-state index contributed by atoms with van der Waals surface area (Å²) in [6.45, 7) is 1.26. The molecule has 2 N–H and O–H groups in total. The maximum absolute atomic E-state index is 14.7. The third-order valence-corrected chi connectivity index (χ3v) is 7.08. The van der Waals surface area contributed by atoms with E-state index in [9.17, 15) is 35.5 Å². The largest absolute Gasteiger partial charge is 0.416 e. The normalized spacial score (nSPS) is 16.1. The van der Waals surface area contributed by atoms with Crippen LogP contribution in [0, 0.1) is 12.7 Å². The minimum Gasteiger partial charge on any atom is -0.335 e. The van der Waals surface area contributed by atoms with Crippen molar-refractivity contribution in [1.29, 1.82) is 0 Å². The van der Waals surface area contributed by atoms with Crippen LogP contribution in [-0.2, 0) is 24.3 Å². The molecule has 1 aliphatic carbocycles. The summed E-state index contributed by atoms with van der Waals surface area (Å²) in [5, 5.41) is 5.48. The lowest BCUT2D eigenvalue weighted by Crippen LogP contribution is -2.54. The van der Waals surface area contributed by atoms with Crippen molar-refractivity contribution in [2.45, 2.75) is 63.0 Å². The Morgan fingerprint density at radius 3 is 2.08 bits per heavy atom. The summed E-state index contributed by atoms with van der Waals surface area (Å²) in [5.41, 5.74) is -4.39. The molecule has 208 valence electrons. The summed E-state index contributed by atoms with van der Waals surface area (Å²) >= 11 is 0. The first-order valence-corrected chi connectivity index (χ1v) is 12.5. The topological polar surface area (TPSA) is 41.1 Å². The molecule has 10 heteroatoms. The first-order chi connectivity index (χ1) is 18.3. The Morgan fingerprint density at radius 1 is 0.821 bits per heavy atom. The molecule has 0 saturated heterocycles. The van der Waals surface area contributed by atoms with Gasteiger partial charge in [-0.1, -0.05) is 55.3 Å². The van der Waals surface area contributed by atoms with Gasteiger partial charge < -0.3 is 10.6 Å². The third kappa shape index (κ3) is 6.54. The number of carbonyl (C=O) groups is 1. The number of nitrogens with one attached hydrogen (secondary N) is 2. The fourth-order valence-electron chi connectivity index (χ4n) is 5.14. The highest BCUT2D eigenvalue weighted by Gasteiger charge is 2.42. The van der Waals surface area contributed by atoms with Crippen molar-refractivity contribution in [3.05, 3.63) is 106 Å². The second-order valence-electron chi connectivity index (χ2n) is 9.90. The van der Waals surface area contributed by atoms with E-state index in [1.807, 2.05) is 0 Å². The Labute approximate surface area is 221 Å². The molecule has 0 heterocycles. The number of alkyl halides is 6. The van der Waals surface area contributed by atoms with Crippen LogP contribution in [0.2, 0.25) is 0 Å². The van der Waals surface area contributed by atoms with E-state index >= 15 is 0 Å². The van der Waals surface area contributed by atoms with E-state index in [0.717, 1.165) is 25.0 Å². The molecule has 39 heavy (non-hydrogen) atoms. The highest BCUT2D eigenvalue weighted by atomic mass is 19.4. The molecular weight excluding hydrogens is 525 g/mol. The predicted molar refractivity (Wildman–Crippen MR) is 132 cm³/mol. The number of rotatable bonds is 6. The van der Waals surface area contributed by atoms with E-state index < -0.39 is 40.9 Å². The number of urea groups is 1. The van der Waals surface area contributed by atoms with Crippen LogP contribution in [0.1, 0.15) is 59.1 Å². The monoisotopic (exact) mass is 552 g/mol. The SMILES string of the molecule is Cc1ccc([C@@](Cc2ccccc2)(NC(=O)NC2CCCC2)c2cc(F)cc(C(F)(F)F)c2)cc1C(F)(F)F. The maximum atomic E-state index is 14.7. The molecule has 2 amide bonds. The van der Waals surface area contributed by atoms with Gasteiger partial charge in [0.05, 0.1) is 16.7 Å². The Hall–Kier alpha value is -3.56. The lowest BCUT2D eigenvalue weighted by molar-refractivity contribution is -0.138. The van der Waals surface area contributed by atoms with Gasteiger partial charge in [0.2, 0.25) is 0 Å². The number of amides is 2. The molecule has 0 unspecified atom stereocenters. The van der Waals surface area contributed by atoms with Gasteiger partial charge in [0, 0.05) is 12.5 Å². The van der Waals surface area contributed by atoms with Gasteiger partial charge in [0.15, 0.2) is 0 Å². The van der Waals surface area contributed by atoms with Gasteiger partial charge in [-0.25, -0.2) is 9.18 Å². The molecule has 1 atom stereocenters. The lowest BCUT2D eigenvalue weighted by Gasteiger charge is -2.38. The third-order valence-electron chi connectivity index (χ3n) is 7.08. The summed E-state index contributed by atoms with van der Waals surface area (Å²) in [6.07, 6.45) is -6.81. The molecule has 1 saturated carbocycles. The summed E-state index contributed by atoms with van der Waals surface area (Å²) < 4.78 is 97.9. The number of halogens is 7. The average molecular weight is 553 g/mol. The number of hydrogen-bond acceptors (Lipinski definition) is 1. The van der Waals surface area contributed by atoms with Crippen LogP contribution in [0.5, 0.6) is 0 Å². The van der Waals surface area contributed by atoms with Gasteiger partial charge in [-0.15, -0.1) is 0 Å². The molecule has 1 aliphatic rings. The predicted octanol–water partition coefficient (Wildman–Crippen LogP) is 7.90. The molecule has 0 aliphatic heterocycles. The summed E-state index contributed by atoms with van der Waals surface area (Å²) in [4.78, 5) is 13.3. The molecule has 3 aromatic rings. The molecule has 3 aromatic carbocycles. The summed E-state index contributed by atoms with van der Waals surface area (Å²) in [5.74, 6) is -1.24. The molecule has 0 aromatic heterocycles. The van der Waals surface area contributed by atoms with Crippen molar-refractivity contribution in [1.82, 2.24) is 10.6 Å². The van der Waals surface area contributed by atoms with Gasteiger partial charge in [0.25, 0.3) is 0 Å². The molecule has 0 spiro atoms.